The number of fused-ring (bicyclic) bond motifs is 9. The zero-order chi connectivity index (χ0) is 41.4. The molecule has 0 radical (unpaired) electrons. The highest BCUT2D eigenvalue weighted by atomic mass is 15.0. The predicted molar refractivity (Wildman–Crippen MR) is 266 cm³/mol. The molecule has 0 amide bonds. The fourth-order valence-corrected chi connectivity index (χ4v) is 10.1. The molecule has 0 aliphatic carbocycles. The molecule has 294 valence electrons. The Kier molecular flexibility index (Phi) is 7.91. The molecule has 0 fully saturated rings. The molecule has 0 saturated heterocycles. The lowest BCUT2D eigenvalue weighted by molar-refractivity contribution is 1.17. The summed E-state index contributed by atoms with van der Waals surface area (Å²) in [6, 6.07) is 86.5. The van der Waals surface area contributed by atoms with Gasteiger partial charge in [0.05, 0.1) is 33.1 Å². The first-order chi connectivity index (χ1) is 31.2. The van der Waals surface area contributed by atoms with Gasteiger partial charge in [-0.15, -0.1) is 0 Å². The van der Waals surface area contributed by atoms with Crippen molar-refractivity contribution >= 4 is 65.4 Å². The topological polar surface area (TPSA) is 14.8 Å². The second-order valence-electron chi connectivity index (χ2n) is 16.6. The fraction of sp³-hybridized carbons (Fsp3) is 0. The van der Waals surface area contributed by atoms with E-state index in [9.17, 15) is 0 Å². The van der Waals surface area contributed by atoms with Crippen LogP contribution in [0, 0.1) is 0 Å². The molecule has 13 aromatic rings. The normalized spacial score (nSPS) is 11.8. The van der Waals surface area contributed by atoms with E-state index < -0.39 is 0 Å². The summed E-state index contributed by atoms with van der Waals surface area (Å²) in [4.78, 5) is 0. The molecule has 10 aromatic carbocycles. The molecule has 0 bridgehead atoms. The fourth-order valence-electron chi connectivity index (χ4n) is 10.1. The average molecular weight is 802 g/mol. The molecular weight excluding hydrogens is 763 g/mol. The maximum atomic E-state index is 2.46. The van der Waals surface area contributed by atoms with Gasteiger partial charge in [0.1, 0.15) is 0 Å². The highest BCUT2D eigenvalue weighted by molar-refractivity contribution is 6.19. The van der Waals surface area contributed by atoms with Crippen LogP contribution in [-0.4, -0.2) is 13.7 Å². The van der Waals surface area contributed by atoms with Gasteiger partial charge in [-0.2, -0.15) is 0 Å². The lowest BCUT2D eigenvalue weighted by Crippen LogP contribution is -1.95. The molecule has 3 nitrogen and oxygen atoms in total. The monoisotopic (exact) mass is 801 g/mol. The summed E-state index contributed by atoms with van der Waals surface area (Å²) in [7, 11) is 0. The van der Waals surface area contributed by atoms with E-state index in [2.05, 4.69) is 250 Å². The second kappa shape index (κ2) is 14.1. The van der Waals surface area contributed by atoms with E-state index in [1.165, 1.54) is 98.8 Å². The number of rotatable bonds is 6. The third-order valence-corrected chi connectivity index (χ3v) is 13.0. The van der Waals surface area contributed by atoms with Gasteiger partial charge in [-0.05, 0) is 118 Å². The van der Waals surface area contributed by atoms with Crippen LogP contribution in [0.25, 0.3) is 116 Å². The van der Waals surface area contributed by atoms with Crippen LogP contribution in [0.15, 0.2) is 237 Å². The maximum absolute atomic E-state index is 2.46. The van der Waals surface area contributed by atoms with Crippen molar-refractivity contribution in [1.29, 1.82) is 0 Å². The Labute approximate surface area is 364 Å². The van der Waals surface area contributed by atoms with Crippen LogP contribution in [0.2, 0.25) is 0 Å². The van der Waals surface area contributed by atoms with Gasteiger partial charge < -0.3 is 13.7 Å². The van der Waals surface area contributed by atoms with Gasteiger partial charge in [0.25, 0.3) is 0 Å². The maximum Gasteiger partial charge on any atom is 0.0548 e. The minimum Gasteiger partial charge on any atom is -0.309 e. The SMILES string of the molecule is c1ccc(-c2ccc(-n3c4ccc(-c5ccc6c(c5)c5ccccc5n6-c5cccc(-c6ccccc6)c5)cc4c4cc5c(cc43)c3ccccc3n5-c3ccccc3)cc2)cc1. The van der Waals surface area contributed by atoms with Crippen LogP contribution in [0.3, 0.4) is 0 Å². The van der Waals surface area contributed by atoms with Crippen molar-refractivity contribution in [3.05, 3.63) is 237 Å². The molecule has 0 spiro atoms. The molecule has 0 atom stereocenters. The van der Waals surface area contributed by atoms with Gasteiger partial charge in [0.2, 0.25) is 0 Å². The smallest absolute Gasteiger partial charge is 0.0548 e. The quantitative estimate of drug-likeness (QED) is 0.159. The van der Waals surface area contributed by atoms with E-state index in [0.717, 1.165) is 17.1 Å². The van der Waals surface area contributed by atoms with Gasteiger partial charge in [0.15, 0.2) is 0 Å². The van der Waals surface area contributed by atoms with Crippen molar-refractivity contribution in [3.63, 3.8) is 0 Å². The van der Waals surface area contributed by atoms with Crippen molar-refractivity contribution in [2.24, 2.45) is 0 Å². The molecule has 0 saturated carbocycles. The van der Waals surface area contributed by atoms with E-state index in [-0.39, 0.29) is 0 Å². The molecule has 3 heterocycles. The Hall–Kier alpha value is -8.40. The minimum absolute atomic E-state index is 1.14. The summed E-state index contributed by atoms with van der Waals surface area (Å²) < 4.78 is 7.29. The van der Waals surface area contributed by atoms with E-state index in [1.807, 2.05) is 0 Å². The lowest BCUT2D eigenvalue weighted by Gasteiger charge is -2.11. The van der Waals surface area contributed by atoms with Crippen LogP contribution >= 0.6 is 0 Å². The van der Waals surface area contributed by atoms with E-state index in [1.54, 1.807) is 0 Å². The number of hydrogen-bond donors (Lipinski definition) is 0. The van der Waals surface area contributed by atoms with Crippen LogP contribution in [-0.2, 0) is 0 Å². The first-order valence-electron chi connectivity index (χ1n) is 21.7. The number of para-hydroxylation sites is 3. The van der Waals surface area contributed by atoms with Gasteiger partial charge in [-0.25, -0.2) is 0 Å². The molecule has 13 rings (SSSR count). The molecule has 0 N–H and O–H groups in total. The van der Waals surface area contributed by atoms with Crippen molar-refractivity contribution in [2.45, 2.75) is 0 Å². The predicted octanol–water partition coefficient (Wildman–Crippen LogP) is 16.0. The Morgan fingerprint density at radius 2 is 0.524 bits per heavy atom. The lowest BCUT2D eigenvalue weighted by atomic mass is 10.00. The van der Waals surface area contributed by atoms with Crippen molar-refractivity contribution in [3.8, 4) is 50.4 Å². The highest BCUT2D eigenvalue weighted by Crippen LogP contribution is 2.42. The molecular formula is C60H39N3. The Balaban J connectivity index is 1.03. The Bertz CT molecular complexity index is 3870. The molecule has 0 aliphatic heterocycles. The molecule has 0 unspecified atom stereocenters. The number of hydrogen-bond acceptors (Lipinski definition) is 0. The van der Waals surface area contributed by atoms with Crippen LogP contribution in [0.4, 0.5) is 0 Å². The number of benzene rings is 10. The van der Waals surface area contributed by atoms with Crippen molar-refractivity contribution < 1.29 is 0 Å². The second-order valence-corrected chi connectivity index (χ2v) is 16.6. The van der Waals surface area contributed by atoms with Gasteiger partial charge in [-0.1, -0.05) is 152 Å². The van der Waals surface area contributed by atoms with Crippen molar-refractivity contribution in [1.82, 2.24) is 13.7 Å². The molecule has 0 aliphatic rings. The molecule has 63 heavy (non-hydrogen) atoms. The van der Waals surface area contributed by atoms with E-state index in [4.69, 9.17) is 0 Å². The molecule has 3 aromatic heterocycles. The van der Waals surface area contributed by atoms with Crippen LogP contribution < -0.4 is 0 Å². The average Bonchev–Trinajstić information content (AvgIpc) is 3.99. The highest BCUT2D eigenvalue weighted by Gasteiger charge is 2.20. The largest absolute Gasteiger partial charge is 0.309 e. The number of nitrogens with zero attached hydrogens (tertiary/aromatic N) is 3. The third-order valence-electron chi connectivity index (χ3n) is 13.0. The standard InChI is InChI=1S/C60H39N3/c1-4-15-40(16-5-1)42-27-31-47(32-28-42)62-58-34-30-45(37-52(58)54-39-59-53(38-60(54)62)50-24-11-12-25-55(50)61(59)46-20-8-3-9-21-46)44-29-33-57-51(36-44)49-23-10-13-26-56(49)63(57)48-22-14-19-43(35-48)41-17-6-2-7-18-41/h1-39H. The summed E-state index contributed by atoms with van der Waals surface area (Å²) in [6.45, 7) is 0. The zero-order valence-electron chi connectivity index (χ0n) is 34.4. The van der Waals surface area contributed by atoms with Crippen molar-refractivity contribution in [2.75, 3.05) is 0 Å². The van der Waals surface area contributed by atoms with E-state index >= 15 is 0 Å². The summed E-state index contributed by atoms with van der Waals surface area (Å²) in [5.74, 6) is 0. The van der Waals surface area contributed by atoms with Gasteiger partial charge in [0, 0.05) is 49.4 Å². The van der Waals surface area contributed by atoms with E-state index in [0.29, 0.717) is 0 Å². The zero-order valence-corrected chi connectivity index (χ0v) is 34.4. The summed E-state index contributed by atoms with van der Waals surface area (Å²) in [5, 5.41) is 7.41. The van der Waals surface area contributed by atoms with Gasteiger partial charge in [-0.3, -0.25) is 0 Å². The van der Waals surface area contributed by atoms with Gasteiger partial charge >= 0.3 is 0 Å². The first-order valence-corrected chi connectivity index (χ1v) is 21.7. The Morgan fingerprint density at radius 1 is 0.175 bits per heavy atom. The van der Waals surface area contributed by atoms with Crippen LogP contribution in [0.5, 0.6) is 0 Å². The minimum atomic E-state index is 1.14. The Morgan fingerprint density at radius 3 is 1.11 bits per heavy atom. The summed E-state index contributed by atoms with van der Waals surface area (Å²) >= 11 is 0. The number of aromatic nitrogens is 3. The first kappa shape index (κ1) is 35.4. The van der Waals surface area contributed by atoms with Crippen LogP contribution in [0.1, 0.15) is 0 Å². The third kappa shape index (κ3) is 5.60. The summed E-state index contributed by atoms with van der Waals surface area (Å²) in [6.07, 6.45) is 0. The molecule has 3 heteroatoms. The summed E-state index contributed by atoms with van der Waals surface area (Å²) in [5.41, 5.74) is 17.8.